The molecule has 1 heterocycles. The van der Waals surface area contributed by atoms with Gasteiger partial charge in [0.1, 0.15) is 0 Å². The molecule has 1 aliphatic carbocycles. The first-order valence-electron chi connectivity index (χ1n) is 6.26. The van der Waals surface area contributed by atoms with Crippen LogP contribution in [0.4, 0.5) is 5.95 Å². The van der Waals surface area contributed by atoms with Crippen molar-refractivity contribution in [3.05, 3.63) is 12.4 Å². The second-order valence-electron chi connectivity index (χ2n) is 4.75. The summed E-state index contributed by atoms with van der Waals surface area (Å²) in [6, 6.07) is 0. The van der Waals surface area contributed by atoms with E-state index in [9.17, 15) is 4.79 Å². The molecule has 0 aromatic carbocycles. The molecule has 0 atom stereocenters. The molecule has 1 amide bonds. The van der Waals surface area contributed by atoms with E-state index in [2.05, 4.69) is 15.3 Å². The van der Waals surface area contributed by atoms with Crippen molar-refractivity contribution in [1.29, 1.82) is 0 Å². The summed E-state index contributed by atoms with van der Waals surface area (Å²) in [6.45, 7) is 0. The Balaban J connectivity index is 2.18. The van der Waals surface area contributed by atoms with Gasteiger partial charge in [-0.2, -0.15) is 0 Å². The lowest BCUT2D eigenvalue weighted by Crippen LogP contribution is -2.45. The quantitative estimate of drug-likeness (QED) is 0.577. The molecule has 2 rings (SSSR count). The molecule has 4 N–H and O–H groups in total. The zero-order chi connectivity index (χ0) is 13.0. The number of aromatic nitrogens is 2. The number of thiocarbonyl (C=S) groups is 1. The number of hydrogen-bond acceptors (Lipinski definition) is 3. The molecule has 6 heteroatoms. The summed E-state index contributed by atoms with van der Waals surface area (Å²) in [7, 11) is 0. The molecule has 0 radical (unpaired) electrons. The Morgan fingerprint density at radius 1 is 1.39 bits per heavy atom. The number of nitrogens with one attached hydrogen (secondary N) is 2. The fraction of sp³-hybridized carbons (Fsp3) is 0.583. The van der Waals surface area contributed by atoms with Crippen LogP contribution >= 0.6 is 12.2 Å². The minimum atomic E-state index is -0.710. The van der Waals surface area contributed by atoms with Crippen molar-refractivity contribution >= 4 is 29.1 Å². The molecule has 0 spiro atoms. The van der Waals surface area contributed by atoms with Crippen molar-refractivity contribution in [3.8, 4) is 0 Å². The fourth-order valence-corrected chi connectivity index (χ4v) is 2.78. The second-order valence-corrected chi connectivity index (χ2v) is 5.19. The molecule has 1 fully saturated rings. The van der Waals surface area contributed by atoms with Gasteiger partial charge in [-0.25, -0.2) is 4.98 Å². The monoisotopic (exact) mass is 266 g/mol. The third-order valence-electron chi connectivity index (χ3n) is 3.59. The zero-order valence-electron chi connectivity index (χ0n) is 10.2. The SMILES string of the molecule is NC(=S)C1(C(=O)Nc2ncc[nH]2)CCCCCC1. The van der Waals surface area contributed by atoms with E-state index in [1.54, 1.807) is 12.4 Å². The first kappa shape index (κ1) is 13.0. The molecule has 1 aromatic heterocycles. The van der Waals surface area contributed by atoms with Gasteiger partial charge in [0.2, 0.25) is 11.9 Å². The van der Waals surface area contributed by atoms with E-state index in [-0.39, 0.29) is 5.91 Å². The molecular weight excluding hydrogens is 248 g/mol. The van der Waals surface area contributed by atoms with Crippen molar-refractivity contribution in [2.24, 2.45) is 11.1 Å². The molecule has 5 nitrogen and oxygen atoms in total. The van der Waals surface area contributed by atoms with E-state index < -0.39 is 5.41 Å². The molecule has 98 valence electrons. The predicted molar refractivity (Wildman–Crippen MR) is 74.1 cm³/mol. The van der Waals surface area contributed by atoms with Gasteiger partial charge in [-0.05, 0) is 12.8 Å². The predicted octanol–water partition coefficient (Wildman–Crippen LogP) is 1.97. The second kappa shape index (κ2) is 5.48. The Kier molecular flexibility index (Phi) is 3.96. The standard InChI is InChI=1S/C12H18N4OS/c13-9(18)12(5-3-1-2-4-6-12)10(17)16-11-14-7-8-15-11/h7-8H,1-6H2,(H2,13,18)(H2,14,15,16,17). The van der Waals surface area contributed by atoms with Gasteiger partial charge in [-0.15, -0.1) is 0 Å². The van der Waals surface area contributed by atoms with E-state index >= 15 is 0 Å². The average Bonchev–Trinajstić information content (AvgIpc) is 2.70. The number of nitrogens with two attached hydrogens (primary N) is 1. The van der Waals surface area contributed by atoms with Gasteiger partial charge in [-0.1, -0.05) is 37.9 Å². The number of carbonyl (C=O) groups excluding carboxylic acids is 1. The molecule has 1 aromatic rings. The van der Waals surface area contributed by atoms with Gasteiger partial charge in [0.15, 0.2) is 0 Å². The van der Waals surface area contributed by atoms with Crippen LogP contribution in [0.25, 0.3) is 0 Å². The first-order valence-corrected chi connectivity index (χ1v) is 6.67. The number of nitrogens with zero attached hydrogens (tertiary/aromatic N) is 1. The van der Waals surface area contributed by atoms with Crippen molar-refractivity contribution in [2.75, 3.05) is 5.32 Å². The number of amides is 1. The Labute approximate surface area is 112 Å². The van der Waals surface area contributed by atoms with E-state index in [4.69, 9.17) is 18.0 Å². The molecule has 0 aliphatic heterocycles. The van der Waals surface area contributed by atoms with Crippen LogP contribution in [0, 0.1) is 5.41 Å². The molecular formula is C12H18N4OS. The first-order chi connectivity index (χ1) is 8.65. The lowest BCUT2D eigenvalue weighted by Gasteiger charge is -2.29. The minimum Gasteiger partial charge on any atom is -0.392 e. The maximum atomic E-state index is 12.4. The molecule has 1 saturated carbocycles. The summed E-state index contributed by atoms with van der Waals surface area (Å²) < 4.78 is 0. The summed E-state index contributed by atoms with van der Waals surface area (Å²) >= 11 is 5.15. The van der Waals surface area contributed by atoms with Crippen LogP contribution < -0.4 is 11.1 Å². The van der Waals surface area contributed by atoms with Gasteiger partial charge < -0.3 is 10.7 Å². The topological polar surface area (TPSA) is 83.8 Å². The Hall–Kier alpha value is -1.43. The highest BCUT2D eigenvalue weighted by Gasteiger charge is 2.41. The summed E-state index contributed by atoms with van der Waals surface area (Å²) in [5.74, 6) is 0.312. The molecule has 18 heavy (non-hydrogen) atoms. The van der Waals surface area contributed by atoms with E-state index in [0.717, 1.165) is 38.5 Å². The van der Waals surface area contributed by atoms with Crippen molar-refractivity contribution in [3.63, 3.8) is 0 Å². The summed E-state index contributed by atoms with van der Waals surface area (Å²) in [4.78, 5) is 19.6. The van der Waals surface area contributed by atoms with Crippen LogP contribution in [0.3, 0.4) is 0 Å². The van der Waals surface area contributed by atoms with Crippen LogP contribution in [-0.2, 0) is 4.79 Å². The maximum Gasteiger partial charge on any atom is 0.239 e. The van der Waals surface area contributed by atoms with E-state index in [0.29, 0.717) is 10.9 Å². The van der Waals surface area contributed by atoms with E-state index in [1.165, 1.54) is 0 Å². The number of anilines is 1. The summed E-state index contributed by atoms with van der Waals surface area (Å²) in [5.41, 5.74) is 5.13. The summed E-state index contributed by atoms with van der Waals surface area (Å²) in [5, 5.41) is 2.77. The van der Waals surface area contributed by atoms with Gasteiger partial charge in [0.25, 0.3) is 0 Å². The number of H-pyrrole nitrogens is 1. The minimum absolute atomic E-state index is 0.133. The number of carbonyl (C=O) groups is 1. The van der Waals surface area contributed by atoms with Gasteiger partial charge in [0.05, 0.1) is 10.4 Å². The van der Waals surface area contributed by atoms with Crippen molar-refractivity contribution in [1.82, 2.24) is 9.97 Å². The van der Waals surface area contributed by atoms with Crippen LogP contribution in [-0.4, -0.2) is 20.9 Å². The number of imidazole rings is 1. The van der Waals surface area contributed by atoms with Crippen LogP contribution in [0.2, 0.25) is 0 Å². The number of aromatic amines is 1. The highest BCUT2D eigenvalue weighted by Crippen LogP contribution is 2.36. The highest BCUT2D eigenvalue weighted by molar-refractivity contribution is 7.80. The Bertz CT molecular complexity index is 421. The number of hydrogen-bond donors (Lipinski definition) is 3. The lowest BCUT2D eigenvalue weighted by molar-refractivity contribution is -0.122. The van der Waals surface area contributed by atoms with Crippen LogP contribution in [0.1, 0.15) is 38.5 Å². The maximum absolute atomic E-state index is 12.4. The van der Waals surface area contributed by atoms with Gasteiger partial charge in [0, 0.05) is 12.4 Å². The fourth-order valence-electron chi connectivity index (χ4n) is 2.48. The number of rotatable bonds is 3. The van der Waals surface area contributed by atoms with Gasteiger partial charge in [-0.3, -0.25) is 10.1 Å². The average molecular weight is 266 g/mol. The van der Waals surface area contributed by atoms with Gasteiger partial charge >= 0.3 is 0 Å². The Morgan fingerprint density at radius 2 is 2.06 bits per heavy atom. The third kappa shape index (κ3) is 2.53. The molecule has 0 unspecified atom stereocenters. The van der Waals surface area contributed by atoms with E-state index in [1.807, 2.05) is 0 Å². The third-order valence-corrected chi connectivity index (χ3v) is 3.98. The molecule has 0 saturated heterocycles. The molecule has 1 aliphatic rings. The largest absolute Gasteiger partial charge is 0.392 e. The van der Waals surface area contributed by atoms with Crippen LogP contribution in [0.5, 0.6) is 0 Å². The summed E-state index contributed by atoms with van der Waals surface area (Å²) in [6.07, 6.45) is 8.97. The molecule has 0 bridgehead atoms. The lowest BCUT2D eigenvalue weighted by atomic mass is 9.79. The zero-order valence-corrected chi connectivity index (χ0v) is 11.1. The Morgan fingerprint density at radius 3 is 2.56 bits per heavy atom. The van der Waals surface area contributed by atoms with Crippen LogP contribution in [0.15, 0.2) is 12.4 Å². The van der Waals surface area contributed by atoms with Crippen molar-refractivity contribution in [2.45, 2.75) is 38.5 Å². The van der Waals surface area contributed by atoms with Crippen molar-refractivity contribution < 1.29 is 4.79 Å². The normalized spacial score (nSPS) is 18.9. The smallest absolute Gasteiger partial charge is 0.239 e. The highest BCUT2D eigenvalue weighted by atomic mass is 32.1.